The van der Waals surface area contributed by atoms with Crippen molar-refractivity contribution in [2.75, 3.05) is 0 Å². The van der Waals surface area contributed by atoms with Crippen LogP contribution in [0.2, 0.25) is 0 Å². The zero-order valence-corrected chi connectivity index (χ0v) is 8.96. The number of ketones is 1. The molecule has 0 heterocycles. The summed E-state index contributed by atoms with van der Waals surface area (Å²) in [6.45, 7) is 2.00. The summed E-state index contributed by atoms with van der Waals surface area (Å²) in [5.74, 6) is 0.499. The summed E-state index contributed by atoms with van der Waals surface area (Å²) in [4.78, 5) is 11.5. The largest absolute Gasteiger partial charge is 0.294 e. The van der Waals surface area contributed by atoms with Crippen LogP contribution in [0.15, 0.2) is 18.2 Å². The molecule has 0 radical (unpaired) electrons. The molecule has 0 saturated heterocycles. The lowest BCUT2D eigenvalue weighted by Crippen LogP contribution is -2.02. The van der Waals surface area contributed by atoms with Gasteiger partial charge in [-0.25, -0.2) is 0 Å². The van der Waals surface area contributed by atoms with E-state index in [4.69, 9.17) is 0 Å². The zero-order chi connectivity index (χ0) is 8.72. The minimum atomic E-state index is 0.191. The molecule has 0 aliphatic heterocycles. The Balaban J connectivity index is 2.61. The van der Waals surface area contributed by atoms with Gasteiger partial charge < -0.3 is 0 Å². The average molecular weight is 272 g/mol. The summed E-state index contributed by atoms with van der Waals surface area (Å²) in [5, 5.41) is 0. The molecule has 1 aromatic rings. The molecule has 1 atom stereocenters. The summed E-state index contributed by atoms with van der Waals surface area (Å²) in [6, 6.07) is 5.95. The molecular formula is C10H9IO. The summed E-state index contributed by atoms with van der Waals surface area (Å²) in [6.07, 6.45) is 0.924. The first-order valence-electron chi connectivity index (χ1n) is 4.01. The van der Waals surface area contributed by atoms with Crippen LogP contribution in [0.5, 0.6) is 0 Å². The SMILES string of the molecule is CC1Cc2c(I)cccc2C1=O. The molecule has 0 aromatic heterocycles. The van der Waals surface area contributed by atoms with Crippen molar-refractivity contribution in [2.24, 2.45) is 5.92 Å². The van der Waals surface area contributed by atoms with Crippen LogP contribution >= 0.6 is 22.6 Å². The van der Waals surface area contributed by atoms with Crippen molar-refractivity contribution >= 4 is 28.4 Å². The normalized spacial score (nSPS) is 21.2. The summed E-state index contributed by atoms with van der Waals surface area (Å²) in [5.41, 5.74) is 2.19. The van der Waals surface area contributed by atoms with Crippen molar-refractivity contribution < 1.29 is 4.79 Å². The summed E-state index contributed by atoms with van der Waals surface area (Å²) >= 11 is 2.29. The van der Waals surface area contributed by atoms with Crippen LogP contribution in [-0.4, -0.2) is 5.78 Å². The van der Waals surface area contributed by atoms with Gasteiger partial charge in [0.2, 0.25) is 0 Å². The Kier molecular flexibility index (Phi) is 1.94. The van der Waals surface area contributed by atoms with Crippen molar-refractivity contribution in [3.63, 3.8) is 0 Å². The van der Waals surface area contributed by atoms with Crippen molar-refractivity contribution in [1.29, 1.82) is 0 Å². The van der Waals surface area contributed by atoms with Gasteiger partial charge in [0.15, 0.2) is 5.78 Å². The Morgan fingerprint density at radius 3 is 2.92 bits per heavy atom. The number of carbonyl (C=O) groups is 1. The second kappa shape index (κ2) is 2.83. The Morgan fingerprint density at radius 1 is 1.50 bits per heavy atom. The fourth-order valence-electron chi connectivity index (χ4n) is 1.66. The maximum absolute atomic E-state index is 11.5. The minimum absolute atomic E-state index is 0.191. The van der Waals surface area contributed by atoms with E-state index in [-0.39, 0.29) is 5.92 Å². The van der Waals surface area contributed by atoms with E-state index in [1.54, 1.807) is 0 Å². The van der Waals surface area contributed by atoms with Gasteiger partial charge in [-0.05, 0) is 40.6 Å². The second-order valence-corrected chi connectivity index (χ2v) is 4.40. The smallest absolute Gasteiger partial charge is 0.166 e. The molecule has 12 heavy (non-hydrogen) atoms. The molecule has 62 valence electrons. The molecule has 0 spiro atoms. The number of Topliss-reactive ketones (excluding diaryl/α,β-unsaturated/α-hetero) is 1. The maximum Gasteiger partial charge on any atom is 0.166 e. The lowest BCUT2D eigenvalue weighted by Gasteiger charge is -1.98. The van der Waals surface area contributed by atoms with Crippen LogP contribution in [0.4, 0.5) is 0 Å². The van der Waals surface area contributed by atoms with Crippen LogP contribution in [0.3, 0.4) is 0 Å². The van der Waals surface area contributed by atoms with Gasteiger partial charge in [0, 0.05) is 15.1 Å². The molecule has 1 unspecified atom stereocenters. The quantitative estimate of drug-likeness (QED) is 0.663. The van der Waals surface area contributed by atoms with Crippen LogP contribution in [0.1, 0.15) is 22.8 Å². The lowest BCUT2D eigenvalue weighted by atomic mass is 10.1. The molecule has 1 aromatic carbocycles. The fraction of sp³-hybridized carbons (Fsp3) is 0.300. The number of halogens is 1. The van der Waals surface area contributed by atoms with Gasteiger partial charge >= 0.3 is 0 Å². The fourth-order valence-corrected chi connectivity index (χ4v) is 2.38. The Labute approximate surface area is 85.3 Å². The molecule has 1 nitrogen and oxygen atoms in total. The number of benzene rings is 1. The molecule has 1 aliphatic rings. The van der Waals surface area contributed by atoms with Crippen LogP contribution in [0.25, 0.3) is 0 Å². The molecule has 1 aliphatic carbocycles. The van der Waals surface area contributed by atoms with Crippen LogP contribution in [0, 0.1) is 9.49 Å². The highest BCUT2D eigenvalue weighted by molar-refractivity contribution is 14.1. The molecule has 2 rings (SSSR count). The van der Waals surface area contributed by atoms with Gasteiger partial charge in [-0.2, -0.15) is 0 Å². The first kappa shape index (κ1) is 8.23. The highest BCUT2D eigenvalue weighted by Gasteiger charge is 2.27. The molecular weight excluding hydrogens is 263 g/mol. The highest BCUT2D eigenvalue weighted by atomic mass is 127. The second-order valence-electron chi connectivity index (χ2n) is 3.24. The van der Waals surface area contributed by atoms with E-state index in [1.165, 1.54) is 9.13 Å². The highest BCUT2D eigenvalue weighted by Crippen LogP contribution is 2.29. The molecule has 0 saturated carbocycles. The van der Waals surface area contributed by atoms with Gasteiger partial charge in [-0.1, -0.05) is 19.1 Å². The molecule has 0 bridgehead atoms. The lowest BCUT2D eigenvalue weighted by molar-refractivity contribution is 0.0946. The van der Waals surface area contributed by atoms with Gasteiger partial charge in [0.25, 0.3) is 0 Å². The summed E-state index contributed by atoms with van der Waals surface area (Å²) in [7, 11) is 0. The molecule has 0 fully saturated rings. The third-order valence-electron chi connectivity index (χ3n) is 2.34. The number of rotatable bonds is 0. The van der Waals surface area contributed by atoms with E-state index in [2.05, 4.69) is 28.7 Å². The maximum atomic E-state index is 11.5. The van der Waals surface area contributed by atoms with Gasteiger partial charge in [-0.3, -0.25) is 4.79 Å². The number of hydrogen-bond acceptors (Lipinski definition) is 1. The molecule has 0 N–H and O–H groups in total. The Hall–Kier alpha value is -0.380. The van der Waals surface area contributed by atoms with Gasteiger partial charge in [0.05, 0.1) is 0 Å². The molecule has 2 heteroatoms. The predicted molar refractivity (Wildman–Crippen MR) is 56.4 cm³/mol. The van der Waals surface area contributed by atoms with Crippen molar-refractivity contribution in [2.45, 2.75) is 13.3 Å². The third kappa shape index (κ3) is 1.09. The van der Waals surface area contributed by atoms with Crippen molar-refractivity contribution in [3.05, 3.63) is 32.9 Å². The Bertz CT molecular complexity index is 344. The molecule has 0 amide bonds. The average Bonchev–Trinajstić information content (AvgIpc) is 2.32. The summed E-state index contributed by atoms with van der Waals surface area (Å²) < 4.78 is 1.22. The Morgan fingerprint density at radius 2 is 2.25 bits per heavy atom. The van der Waals surface area contributed by atoms with E-state index in [0.29, 0.717) is 5.78 Å². The monoisotopic (exact) mass is 272 g/mol. The standard InChI is InChI=1S/C10H9IO/c1-6-5-8-7(10(6)12)3-2-4-9(8)11/h2-4,6H,5H2,1H3. The van der Waals surface area contributed by atoms with Gasteiger partial charge in [0.1, 0.15) is 0 Å². The topological polar surface area (TPSA) is 17.1 Å². The number of hydrogen-bond donors (Lipinski definition) is 0. The number of carbonyl (C=O) groups excluding carboxylic acids is 1. The van der Waals surface area contributed by atoms with Crippen molar-refractivity contribution in [3.8, 4) is 0 Å². The van der Waals surface area contributed by atoms with E-state index < -0.39 is 0 Å². The first-order chi connectivity index (χ1) is 5.70. The van der Waals surface area contributed by atoms with E-state index in [1.807, 2.05) is 19.1 Å². The van der Waals surface area contributed by atoms with Gasteiger partial charge in [-0.15, -0.1) is 0 Å². The van der Waals surface area contributed by atoms with E-state index >= 15 is 0 Å². The van der Waals surface area contributed by atoms with Crippen LogP contribution in [-0.2, 0) is 6.42 Å². The van der Waals surface area contributed by atoms with E-state index in [9.17, 15) is 4.79 Å². The minimum Gasteiger partial charge on any atom is -0.294 e. The van der Waals surface area contributed by atoms with Crippen molar-refractivity contribution in [1.82, 2.24) is 0 Å². The predicted octanol–water partition coefficient (Wildman–Crippen LogP) is 2.67. The zero-order valence-electron chi connectivity index (χ0n) is 6.80. The van der Waals surface area contributed by atoms with E-state index in [0.717, 1.165) is 12.0 Å². The third-order valence-corrected chi connectivity index (χ3v) is 3.35. The number of fused-ring (bicyclic) bond motifs is 1. The van der Waals surface area contributed by atoms with Crippen LogP contribution < -0.4 is 0 Å². The first-order valence-corrected chi connectivity index (χ1v) is 5.09.